The molecular weight excluding hydrogens is 318 g/mol. The Morgan fingerprint density at radius 1 is 1.32 bits per heavy atom. The molecule has 3 aliphatic heterocycles. The Kier molecular flexibility index (Phi) is 4.41. The molecule has 0 saturated carbocycles. The summed E-state index contributed by atoms with van der Waals surface area (Å²) < 4.78 is 11.4. The number of ether oxygens (including phenoxy) is 2. The van der Waals surface area contributed by atoms with E-state index in [2.05, 4.69) is 22.3 Å². The van der Waals surface area contributed by atoms with Crippen LogP contribution in [0.25, 0.3) is 0 Å². The topological polar surface area (TPSA) is 67.5 Å². The van der Waals surface area contributed by atoms with Gasteiger partial charge in [0.1, 0.15) is 0 Å². The predicted molar refractivity (Wildman–Crippen MR) is 93.4 cm³/mol. The third kappa shape index (κ3) is 3.13. The Bertz CT molecular complexity index is 675. The number of aromatic amines is 1. The smallest absolute Gasteiger partial charge is 0.274 e. The molecule has 4 heterocycles. The highest BCUT2D eigenvalue weighted by atomic mass is 16.5. The second-order valence-corrected chi connectivity index (χ2v) is 7.73. The number of nitrogens with zero attached hydrogens (tertiary/aromatic N) is 2. The number of H-pyrrole nitrogens is 1. The minimum absolute atomic E-state index is 0.0382. The predicted octanol–water partition coefficient (Wildman–Crippen LogP) is 2.63. The summed E-state index contributed by atoms with van der Waals surface area (Å²) in [4.78, 5) is 15.2. The van der Waals surface area contributed by atoms with Crippen molar-refractivity contribution in [3.63, 3.8) is 0 Å². The van der Waals surface area contributed by atoms with Gasteiger partial charge in [-0.15, -0.1) is 0 Å². The number of hydrogen-bond donors (Lipinski definition) is 1. The number of carbonyl (C=O) groups excluding carboxylic acids is 1. The fourth-order valence-electron chi connectivity index (χ4n) is 4.39. The van der Waals surface area contributed by atoms with Gasteiger partial charge in [-0.25, -0.2) is 0 Å². The van der Waals surface area contributed by atoms with Gasteiger partial charge in [0.05, 0.1) is 17.9 Å². The van der Waals surface area contributed by atoms with Gasteiger partial charge in [-0.2, -0.15) is 5.10 Å². The molecule has 6 heteroatoms. The van der Waals surface area contributed by atoms with Crippen LogP contribution in [0.3, 0.4) is 0 Å². The molecule has 136 valence electrons. The van der Waals surface area contributed by atoms with Crippen LogP contribution in [0.1, 0.15) is 61.0 Å². The largest absolute Gasteiger partial charge is 0.381 e. The summed E-state index contributed by atoms with van der Waals surface area (Å²) in [5.74, 6) is 0.0382. The van der Waals surface area contributed by atoms with Gasteiger partial charge in [-0.3, -0.25) is 9.89 Å². The Morgan fingerprint density at radius 2 is 2.12 bits per heavy atom. The van der Waals surface area contributed by atoms with E-state index in [0.29, 0.717) is 12.2 Å². The van der Waals surface area contributed by atoms with Crippen LogP contribution >= 0.6 is 0 Å². The van der Waals surface area contributed by atoms with E-state index >= 15 is 0 Å². The molecule has 3 aliphatic rings. The van der Waals surface area contributed by atoms with Crippen LogP contribution in [0.5, 0.6) is 0 Å². The van der Waals surface area contributed by atoms with E-state index in [4.69, 9.17) is 9.47 Å². The van der Waals surface area contributed by atoms with Crippen molar-refractivity contribution >= 4 is 5.91 Å². The summed E-state index contributed by atoms with van der Waals surface area (Å²) in [7, 11) is 0. The molecule has 2 atom stereocenters. The van der Waals surface area contributed by atoms with Crippen LogP contribution in [0.2, 0.25) is 0 Å². The number of rotatable bonds is 1. The van der Waals surface area contributed by atoms with Crippen LogP contribution in [0.4, 0.5) is 0 Å². The second-order valence-electron chi connectivity index (χ2n) is 7.73. The third-order valence-corrected chi connectivity index (χ3v) is 5.85. The summed E-state index contributed by atoms with van der Waals surface area (Å²) in [6.07, 6.45) is 8.21. The molecule has 25 heavy (non-hydrogen) atoms. The molecule has 0 radical (unpaired) electrons. The van der Waals surface area contributed by atoms with Crippen molar-refractivity contribution in [2.75, 3.05) is 26.3 Å². The van der Waals surface area contributed by atoms with Gasteiger partial charge >= 0.3 is 0 Å². The highest BCUT2D eigenvalue weighted by Gasteiger charge is 2.38. The summed E-state index contributed by atoms with van der Waals surface area (Å²) in [5.41, 5.74) is 2.72. The summed E-state index contributed by atoms with van der Waals surface area (Å²) in [6.45, 7) is 7.08. The van der Waals surface area contributed by atoms with E-state index in [0.717, 1.165) is 56.7 Å². The normalized spacial score (nSPS) is 28.6. The highest BCUT2D eigenvalue weighted by Crippen LogP contribution is 2.38. The van der Waals surface area contributed by atoms with Crippen molar-refractivity contribution < 1.29 is 14.3 Å². The zero-order valence-electron chi connectivity index (χ0n) is 15.1. The molecule has 1 fully saturated rings. The van der Waals surface area contributed by atoms with E-state index in [1.165, 1.54) is 0 Å². The summed E-state index contributed by atoms with van der Waals surface area (Å²) in [6, 6.07) is 0. The number of nitrogens with one attached hydrogen (secondary N) is 1. The highest BCUT2D eigenvalue weighted by molar-refractivity contribution is 5.94. The second kappa shape index (κ2) is 6.57. The van der Waals surface area contributed by atoms with Crippen LogP contribution in [0.15, 0.2) is 12.2 Å². The fourth-order valence-corrected chi connectivity index (χ4v) is 4.39. The number of carbonyl (C=O) groups is 1. The van der Waals surface area contributed by atoms with Gasteiger partial charge in [0.2, 0.25) is 0 Å². The number of hydrogen-bond acceptors (Lipinski definition) is 4. The Labute approximate surface area is 148 Å². The van der Waals surface area contributed by atoms with Crippen molar-refractivity contribution in [1.82, 2.24) is 15.1 Å². The van der Waals surface area contributed by atoms with Crippen molar-refractivity contribution in [3.8, 4) is 0 Å². The minimum Gasteiger partial charge on any atom is -0.381 e. The molecule has 0 unspecified atom stereocenters. The monoisotopic (exact) mass is 345 g/mol. The zero-order valence-corrected chi connectivity index (χ0v) is 15.1. The molecule has 0 aliphatic carbocycles. The van der Waals surface area contributed by atoms with Gasteiger partial charge in [0.15, 0.2) is 5.69 Å². The van der Waals surface area contributed by atoms with E-state index in [1.807, 2.05) is 18.7 Å². The van der Waals surface area contributed by atoms with Crippen LogP contribution in [-0.4, -0.2) is 53.4 Å². The van der Waals surface area contributed by atoms with E-state index in [-0.39, 0.29) is 23.5 Å². The maximum atomic E-state index is 13.3. The first-order valence-corrected chi connectivity index (χ1v) is 9.33. The van der Waals surface area contributed by atoms with Crippen LogP contribution < -0.4 is 0 Å². The van der Waals surface area contributed by atoms with Crippen LogP contribution in [0, 0.1) is 5.41 Å². The molecule has 1 aromatic heterocycles. The Balaban J connectivity index is 1.59. The average Bonchev–Trinajstić information content (AvgIpc) is 2.91. The molecule has 1 spiro atoms. The molecule has 1 amide bonds. The quantitative estimate of drug-likeness (QED) is 0.795. The molecule has 1 aromatic rings. The Morgan fingerprint density at radius 3 is 2.92 bits per heavy atom. The molecule has 0 aromatic carbocycles. The maximum absolute atomic E-state index is 13.3. The number of fused-ring (bicyclic) bond motifs is 1. The number of amides is 1. The zero-order chi connectivity index (χ0) is 17.4. The van der Waals surface area contributed by atoms with E-state index in [9.17, 15) is 4.79 Å². The van der Waals surface area contributed by atoms with Crippen LogP contribution in [-0.2, 0) is 15.9 Å². The first-order chi connectivity index (χ1) is 12.1. The molecule has 6 nitrogen and oxygen atoms in total. The average molecular weight is 345 g/mol. The number of aromatic nitrogens is 2. The van der Waals surface area contributed by atoms with Gasteiger partial charge in [-0.05, 0) is 38.5 Å². The first-order valence-electron chi connectivity index (χ1n) is 9.33. The van der Waals surface area contributed by atoms with Crippen molar-refractivity contribution in [3.05, 3.63) is 29.1 Å². The number of allylic oxidation sites excluding steroid dienone is 1. The van der Waals surface area contributed by atoms with Gasteiger partial charge in [-0.1, -0.05) is 12.2 Å². The lowest BCUT2D eigenvalue weighted by Crippen LogP contribution is -2.43. The van der Waals surface area contributed by atoms with Crippen molar-refractivity contribution in [2.24, 2.45) is 5.41 Å². The minimum atomic E-state index is -0.0429. The molecule has 4 rings (SSSR count). The lowest BCUT2D eigenvalue weighted by Gasteiger charge is -2.39. The molecule has 1 N–H and O–H groups in total. The van der Waals surface area contributed by atoms with Crippen molar-refractivity contribution in [1.29, 1.82) is 0 Å². The summed E-state index contributed by atoms with van der Waals surface area (Å²) in [5, 5.41) is 7.42. The van der Waals surface area contributed by atoms with E-state index in [1.54, 1.807) is 0 Å². The van der Waals surface area contributed by atoms with Gasteiger partial charge < -0.3 is 14.4 Å². The first kappa shape index (κ1) is 16.8. The lowest BCUT2D eigenvalue weighted by atomic mass is 9.77. The lowest BCUT2D eigenvalue weighted by molar-refractivity contribution is -0.00730. The van der Waals surface area contributed by atoms with Gasteiger partial charge in [0.25, 0.3) is 5.91 Å². The molecule has 1 saturated heterocycles. The van der Waals surface area contributed by atoms with E-state index < -0.39 is 0 Å². The maximum Gasteiger partial charge on any atom is 0.274 e. The van der Waals surface area contributed by atoms with Crippen molar-refractivity contribution in [2.45, 2.75) is 51.7 Å². The molecule has 0 bridgehead atoms. The Hall–Kier alpha value is -1.66. The SMILES string of the molecule is C[C@@H]1Cc2c(C(=O)N3CC=CCC4(CCOCC4)C3)n[nH]c2[C@H](C)O1. The summed E-state index contributed by atoms with van der Waals surface area (Å²) >= 11 is 0. The molecular formula is C19H27N3O3. The standard InChI is InChI=1S/C19H27N3O3/c1-13-11-15-16(14(2)25-13)20-21-17(15)18(23)22-8-4-3-5-19(12-22)6-9-24-10-7-19/h3-4,13-14H,5-12H2,1-2H3,(H,20,21)/t13-,14+/m1/s1. The third-order valence-electron chi connectivity index (χ3n) is 5.85. The fraction of sp³-hybridized carbons (Fsp3) is 0.684. The van der Waals surface area contributed by atoms with Gasteiger partial charge in [0, 0.05) is 38.3 Å².